The van der Waals surface area contributed by atoms with Gasteiger partial charge in [-0.3, -0.25) is 9.59 Å². The maximum Gasteiger partial charge on any atom is 0.262 e. The molecule has 32 heavy (non-hydrogen) atoms. The summed E-state index contributed by atoms with van der Waals surface area (Å²) in [6, 6.07) is 9.99. The summed E-state index contributed by atoms with van der Waals surface area (Å²) in [6.07, 6.45) is 0.739. The van der Waals surface area contributed by atoms with Gasteiger partial charge in [-0.1, -0.05) is 45.0 Å². The quantitative estimate of drug-likeness (QED) is 0.585. The van der Waals surface area contributed by atoms with Crippen LogP contribution in [0.25, 0.3) is 0 Å². The summed E-state index contributed by atoms with van der Waals surface area (Å²) >= 11 is 1.53. The van der Waals surface area contributed by atoms with Gasteiger partial charge in [-0.05, 0) is 22.9 Å². The second-order valence-corrected chi connectivity index (χ2v) is 10.0. The number of hydrazone groups is 1. The minimum Gasteiger partial charge on any atom is -0.383 e. The lowest BCUT2D eigenvalue weighted by Gasteiger charge is -2.28. The second-order valence-electron chi connectivity index (χ2n) is 9.05. The normalized spacial score (nSPS) is 16.2. The van der Waals surface area contributed by atoms with E-state index in [4.69, 9.17) is 4.74 Å². The van der Waals surface area contributed by atoms with Gasteiger partial charge >= 0.3 is 0 Å². The number of thiophene rings is 1. The molecule has 1 aromatic carbocycles. The zero-order valence-electron chi connectivity index (χ0n) is 19.0. The average Bonchev–Trinajstić information content (AvgIpc) is 3.39. The molecule has 0 unspecified atom stereocenters. The van der Waals surface area contributed by atoms with Crippen molar-refractivity contribution in [3.05, 3.63) is 58.0 Å². The molecular formula is C24H30FN3O3S. The SMILES string of the molecule is COCCN(CC(=O)N1N=C(c2ccccc2F)C[C@H]1c1cccs1)C(=O)CC(C)(C)C. The highest BCUT2D eigenvalue weighted by Crippen LogP contribution is 2.35. The number of hydrogen-bond donors (Lipinski definition) is 0. The zero-order chi connectivity index (χ0) is 23.3. The minimum atomic E-state index is -0.368. The van der Waals surface area contributed by atoms with E-state index in [1.165, 1.54) is 27.3 Å². The number of carbonyl (C=O) groups is 2. The molecule has 3 rings (SSSR count). The Hall–Kier alpha value is -2.58. The van der Waals surface area contributed by atoms with Crippen molar-refractivity contribution in [2.24, 2.45) is 10.5 Å². The van der Waals surface area contributed by atoms with E-state index >= 15 is 0 Å². The molecule has 0 saturated carbocycles. The minimum absolute atomic E-state index is 0.103. The van der Waals surface area contributed by atoms with Gasteiger partial charge in [0.05, 0.1) is 18.4 Å². The van der Waals surface area contributed by atoms with Crippen LogP contribution in [0.15, 0.2) is 46.9 Å². The van der Waals surface area contributed by atoms with Gasteiger partial charge in [0, 0.05) is 36.9 Å². The smallest absolute Gasteiger partial charge is 0.262 e. The molecule has 2 aromatic rings. The van der Waals surface area contributed by atoms with Crippen LogP contribution in [0.4, 0.5) is 4.39 Å². The summed E-state index contributed by atoms with van der Waals surface area (Å²) in [4.78, 5) is 28.7. The van der Waals surface area contributed by atoms with Crippen molar-refractivity contribution in [3.8, 4) is 0 Å². The fourth-order valence-electron chi connectivity index (χ4n) is 3.60. The van der Waals surface area contributed by atoms with E-state index in [9.17, 15) is 14.0 Å². The van der Waals surface area contributed by atoms with Crippen LogP contribution in [0.5, 0.6) is 0 Å². The Morgan fingerprint density at radius 1 is 1.25 bits per heavy atom. The average molecular weight is 460 g/mol. The summed E-state index contributed by atoms with van der Waals surface area (Å²) in [6.45, 7) is 6.51. The van der Waals surface area contributed by atoms with E-state index in [1.54, 1.807) is 25.3 Å². The van der Waals surface area contributed by atoms with Gasteiger partial charge in [0.15, 0.2) is 0 Å². The predicted molar refractivity (Wildman–Crippen MR) is 124 cm³/mol. The van der Waals surface area contributed by atoms with Gasteiger partial charge < -0.3 is 9.64 Å². The van der Waals surface area contributed by atoms with Gasteiger partial charge in [0.1, 0.15) is 12.4 Å². The largest absolute Gasteiger partial charge is 0.383 e. The lowest BCUT2D eigenvalue weighted by atomic mass is 9.91. The van der Waals surface area contributed by atoms with Crippen LogP contribution >= 0.6 is 11.3 Å². The molecule has 0 N–H and O–H groups in total. The predicted octanol–water partition coefficient (Wildman–Crippen LogP) is 4.48. The van der Waals surface area contributed by atoms with E-state index in [0.29, 0.717) is 37.3 Å². The van der Waals surface area contributed by atoms with Gasteiger partial charge in [-0.25, -0.2) is 9.40 Å². The molecule has 2 amide bonds. The molecular weight excluding hydrogens is 429 g/mol. The van der Waals surface area contributed by atoms with Gasteiger partial charge in [-0.15, -0.1) is 11.3 Å². The first-order valence-corrected chi connectivity index (χ1v) is 11.5. The van der Waals surface area contributed by atoms with E-state index < -0.39 is 0 Å². The van der Waals surface area contributed by atoms with Gasteiger partial charge in [0.25, 0.3) is 5.91 Å². The van der Waals surface area contributed by atoms with Gasteiger partial charge in [0.2, 0.25) is 5.91 Å². The molecule has 0 radical (unpaired) electrons. The van der Waals surface area contributed by atoms with Crippen LogP contribution in [0.1, 0.15) is 50.1 Å². The highest BCUT2D eigenvalue weighted by molar-refractivity contribution is 7.10. The Kier molecular flexibility index (Phi) is 7.79. The van der Waals surface area contributed by atoms with Crippen molar-refractivity contribution in [1.29, 1.82) is 0 Å². The second kappa shape index (κ2) is 10.4. The maximum atomic E-state index is 14.4. The molecule has 0 spiro atoms. The molecule has 0 fully saturated rings. The molecule has 1 aliphatic rings. The zero-order valence-corrected chi connectivity index (χ0v) is 19.8. The number of halogens is 1. The Balaban J connectivity index is 1.85. The number of hydrogen-bond acceptors (Lipinski definition) is 5. The van der Waals surface area contributed by atoms with Crippen molar-refractivity contribution >= 4 is 28.9 Å². The Bertz CT molecular complexity index is 969. The molecule has 8 heteroatoms. The third-order valence-electron chi connectivity index (χ3n) is 5.15. The topological polar surface area (TPSA) is 62.2 Å². The number of nitrogens with zero attached hydrogens (tertiary/aromatic N) is 3. The van der Waals surface area contributed by atoms with Crippen molar-refractivity contribution < 1.29 is 18.7 Å². The third kappa shape index (κ3) is 6.01. The van der Waals surface area contributed by atoms with Crippen molar-refractivity contribution in [3.63, 3.8) is 0 Å². The van der Waals surface area contributed by atoms with Crippen LogP contribution in [-0.4, -0.2) is 54.2 Å². The first kappa shape index (κ1) is 24.1. The summed E-state index contributed by atoms with van der Waals surface area (Å²) in [5.74, 6) is -0.770. The molecule has 1 atom stereocenters. The molecule has 0 saturated heterocycles. The van der Waals surface area contributed by atoms with Crippen LogP contribution in [-0.2, 0) is 14.3 Å². The van der Waals surface area contributed by atoms with Crippen molar-refractivity contribution in [2.45, 2.75) is 39.7 Å². The molecule has 0 aliphatic carbocycles. The number of carbonyl (C=O) groups excluding carboxylic acids is 2. The van der Waals surface area contributed by atoms with Crippen LogP contribution < -0.4 is 0 Å². The highest BCUT2D eigenvalue weighted by Gasteiger charge is 2.35. The standard InChI is InChI=1S/C24H30FN3O3S/c1-24(2,3)15-22(29)27(11-12-31-4)16-23(30)28-20(21-10-7-13-32-21)14-19(26-28)17-8-5-6-9-18(17)25/h5-10,13,20H,11-12,14-16H2,1-4H3/t20-/m0/s1. The first-order valence-electron chi connectivity index (χ1n) is 10.6. The van der Waals surface area contributed by atoms with Crippen LogP contribution in [0.2, 0.25) is 0 Å². The van der Waals surface area contributed by atoms with Crippen LogP contribution in [0.3, 0.4) is 0 Å². The monoisotopic (exact) mass is 459 g/mol. The number of ether oxygens (including phenoxy) is 1. The Morgan fingerprint density at radius 3 is 2.62 bits per heavy atom. The lowest BCUT2D eigenvalue weighted by molar-refractivity contribution is -0.143. The fraction of sp³-hybridized carbons (Fsp3) is 0.458. The number of amides is 2. The fourth-order valence-corrected chi connectivity index (χ4v) is 4.41. The molecule has 1 aliphatic heterocycles. The van der Waals surface area contributed by atoms with E-state index in [0.717, 1.165) is 4.88 Å². The van der Waals surface area contributed by atoms with Crippen LogP contribution in [0, 0.1) is 11.2 Å². The molecule has 6 nitrogen and oxygen atoms in total. The highest BCUT2D eigenvalue weighted by atomic mass is 32.1. The maximum absolute atomic E-state index is 14.4. The summed E-state index contributed by atoms with van der Waals surface area (Å²) in [5.41, 5.74) is 0.720. The lowest BCUT2D eigenvalue weighted by Crippen LogP contribution is -2.43. The molecule has 2 heterocycles. The molecule has 172 valence electrons. The summed E-state index contributed by atoms with van der Waals surface area (Å²) < 4.78 is 19.5. The van der Waals surface area contributed by atoms with Gasteiger partial charge in [-0.2, -0.15) is 5.10 Å². The van der Waals surface area contributed by atoms with Crippen molar-refractivity contribution in [1.82, 2.24) is 9.91 Å². The van der Waals surface area contributed by atoms with E-state index in [2.05, 4.69) is 5.10 Å². The molecule has 0 bridgehead atoms. The summed E-state index contributed by atoms with van der Waals surface area (Å²) in [7, 11) is 1.56. The number of benzene rings is 1. The van der Waals surface area contributed by atoms with E-state index in [-0.39, 0.29) is 35.6 Å². The Labute approximate surface area is 192 Å². The molecule has 1 aromatic heterocycles. The third-order valence-corrected chi connectivity index (χ3v) is 6.12. The van der Waals surface area contributed by atoms with E-state index in [1.807, 2.05) is 38.3 Å². The van der Waals surface area contributed by atoms with Crippen molar-refractivity contribution in [2.75, 3.05) is 26.8 Å². The Morgan fingerprint density at radius 2 is 2.00 bits per heavy atom. The first-order chi connectivity index (χ1) is 15.2. The number of rotatable bonds is 8. The number of methoxy groups -OCH3 is 1. The summed E-state index contributed by atoms with van der Waals surface area (Å²) in [5, 5.41) is 7.88.